The van der Waals surface area contributed by atoms with Crippen LogP contribution < -0.4 is 28.4 Å². The first-order valence-electron chi connectivity index (χ1n) is 18.8. The van der Waals surface area contributed by atoms with E-state index in [0.29, 0.717) is 46.5 Å². The van der Waals surface area contributed by atoms with Gasteiger partial charge in [-0.15, -0.1) is 0 Å². The predicted molar refractivity (Wildman–Crippen MR) is 197 cm³/mol. The molecule has 0 bridgehead atoms. The summed E-state index contributed by atoms with van der Waals surface area (Å²) in [4.78, 5) is 14.5. The molecule has 0 saturated heterocycles. The molecule has 0 amide bonds. The number of Topliss-reactive ketones (excluding diaryl/α,β-unsaturated/α-hetero) is 1. The van der Waals surface area contributed by atoms with Crippen molar-refractivity contribution >= 4 is 5.78 Å². The second kappa shape index (κ2) is 21.8. The number of hydrogen-bond acceptors (Lipinski definition) is 7. The Hall–Kier alpha value is -3.09. The van der Waals surface area contributed by atoms with Gasteiger partial charge in [-0.2, -0.15) is 0 Å². The smallest absolute Gasteiger partial charge is 0.176 e. The Morgan fingerprint density at radius 2 is 1.00 bits per heavy atom. The van der Waals surface area contributed by atoms with Gasteiger partial charge in [-0.1, -0.05) is 66.7 Å². The van der Waals surface area contributed by atoms with Gasteiger partial charge in [0, 0.05) is 18.1 Å². The molecular formula is C41H66O7. The number of benzene rings is 2. The van der Waals surface area contributed by atoms with Gasteiger partial charge < -0.3 is 28.4 Å². The second-order valence-corrected chi connectivity index (χ2v) is 13.4. The van der Waals surface area contributed by atoms with Crippen LogP contribution >= 0.6 is 0 Å². The van der Waals surface area contributed by atoms with Crippen molar-refractivity contribution in [3.63, 3.8) is 0 Å². The summed E-state index contributed by atoms with van der Waals surface area (Å²) in [6.45, 7) is 21.0. The zero-order valence-corrected chi connectivity index (χ0v) is 32.0. The standard InChI is InChI=1S/C41H66O7/c1-12-17-28(6)44-34-26-33(40(38(27-34)43-11)47-31(9)20-15-4)22-23-35(42)39-36(45-29(7)18-13-2)24-25-37(46-30(8)19-14-3)41(39)48-32(10)21-16-5/h24-32H,12-23H2,1-11H3. The normalized spacial score (nSPS) is 14.4. The number of ketones is 1. The lowest BCUT2D eigenvalue weighted by Gasteiger charge is -2.25. The van der Waals surface area contributed by atoms with Gasteiger partial charge >= 0.3 is 0 Å². The van der Waals surface area contributed by atoms with E-state index in [9.17, 15) is 4.79 Å². The molecule has 0 aliphatic carbocycles. The molecule has 0 radical (unpaired) electrons. The highest BCUT2D eigenvalue weighted by atomic mass is 16.5. The highest BCUT2D eigenvalue weighted by Crippen LogP contribution is 2.42. The van der Waals surface area contributed by atoms with Crippen molar-refractivity contribution < 1.29 is 33.2 Å². The molecule has 5 atom stereocenters. The molecule has 272 valence electrons. The van der Waals surface area contributed by atoms with Crippen molar-refractivity contribution in [2.24, 2.45) is 0 Å². The summed E-state index contributed by atoms with van der Waals surface area (Å²) in [5.41, 5.74) is 1.32. The van der Waals surface area contributed by atoms with Crippen LogP contribution in [0.1, 0.15) is 156 Å². The Morgan fingerprint density at radius 3 is 1.50 bits per heavy atom. The average molecular weight is 671 g/mol. The Morgan fingerprint density at radius 1 is 0.562 bits per heavy atom. The van der Waals surface area contributed by atoms with Crippen molar-refractivity contribution in [2.75, 3.05) is 7.11 Å². The molecular weight excluding hydrogens is 604 g/mol. The zero-order chi connectivity index (χ0) is 35.6. The summed E-state index contributed by atoms with van der Waals surface area (Å²) in [5.74, 6) is 3.49. The van der Waals surface area contributed by atoms with Crippen LogP contribution in [0.4, 0.5) is 0 Å². The topological polar surface area (TPSA) is 72.5 Å². The third kappa shape index (κ3) is 13.1. The van der Waals surface area contributed by atoms with E-state index < -0.39 is 0 Å². The Kier molecular flexibility index (Phi) is 18.7. The van der Waals surface area contributed by atoms with Gasteiger partial charge in [0.15, 0.2) is 28.8 Å². The molecule has 0 aromatic heterocycles. The van der Waals surface area contributed by atoms with Gasteiger partial charge in [0.05, 0.1) is 37.6 Å². The van der Waals surface area contributed by atoms with Crippen LogP contribution in [0.25, 0.3) is 0 Å². The molecule has 0 spiro atoms. The van der Waals surface area contributed by atoms with E-state index in [4.69, 9.17) is 28.4 Å². The molecule has 7 heteroatoms. The molecule has 0 aliphatic rings. The van der Waals surface area contributed by atoms with E-state index in [-0.39, 0.29) is 42.7 Å². The van der Waals surface area contributed by atoms with Crippen molar-refractivity contribution in [3.8, 4) is 34.5 Å². The number of ether oxygens (including phenoxy) is 6. The van der Waals surface area contributed by atoms with E-state index >= 15 is 0 Å². The van der Waals surface area contributed by atoms with Gasteiger partial charge in [0.2, 0.25) is 0 Å². The predicted octanol–water partition coefficient (Wildman–Crippen LogP) is 11.3. The van der Waals surface area contributed by atoms with Crippen LogP contribution in [0.5, 0.6) is 34.5 Å². The molecule has 0 N–H and O–H groups in total. The van der Waals surface area contributed by atoms with Crippen LogP contribution in [0.2, 0.25) is 0 Å². The van der Waals surface area contributed by atoms with Crippen LogP contribution in [0, 0.1) is 0 Å². The second-order valence-electron chi connectivity index (χ2n) is 13.4. The van der Waals surface area contributed by atoms with Gasteiger partial charge in [-0.25, -0.2) is 0 Å². The van der Waals surface area contributed by atoms with E-state index in [1.54, 1.807) is 7.11 Å². The zero-order valence-electron chi connectivity index (χ0n) is 32.0. The maximum Gasteiger partial charge on any atom is 0.176 e. The summed E-state index contributed by atoms with van der Waals surface area (Å²) < 4.78 is 38.1. The highest BCUT2D eigenvalue weighted by Gasteiger charge is 2.27. The molecule has 0 heterocycles. The summed E-state index contributed by atoms with van der Waals surface area (Å²) in [6, 6.07) is 7.67. The van der Waals surface area contributed by atoms with Crippen molar-refractivity contribution in [1.82, 2.24) is 0 Å². The molecule has 0 saturated carbocycles. The lowest BCUT2D eigenvalue weighted by Crippen LogP contribution is -2.20. The fraction of sp³-hybridized carbons (Fsp3) is 0.683. The minimum absolute atomic E-state index is 0.0109. The number of carbonyl (C=O) groups excluding carboxylic acids is 1. The maximum atomic E-state index is 14.5. The molecule has 7 nitrogen and oxygen atoms in total. The van der Waals surface area contributed by atoms with Crippen molar-refractivity contribution in [1.29, 1.82) is 0 Å². The quantitative estimate of drug-likeness (QED) is 0.0973. The average Bonchev–Trinajstić information content (AvgIpc) is 3.02. The Balaban J connectivity index is 2.65. The summed E-state index contributed by atoms with van der Waals surface area (Å²) in [6.07, 6.45) is 9.93. The minimum atomic E-state index is -0.100. The lowest BCUT2D eigenvalue weighted by atomic mass is 9.99. The maximum absolute atomic E-state index is 14.5. The molecule has 2 rings (SSSR count). The number of rotatable bonds is 25. The molecule has 2 aromatic carbocycles. The monoisotopic (exact) mass is 670 g/mol. The van der Waals surface area contributed by atoms with Crippen molar-refractivity contribution in [3.05, 3.63) is 35.4 Å². The Bertz CT molecular complexity index is 1230. The summed E-state index contributed by atoms with van der Waals surface area (Å²) in [5, 5.41) is 0. The third-order valence-electron chi connectivity index (χ3n) is 8.42. The first-order chi connectivity index (χ1) is 23.0. The minimum Gasteiger partial charge on any atom is -0.493 e. The fourth-order valence-electron chi connectivity index (χ4n) is 6.06. The van der Waals surface area contributed by atoms with E-state index in [2.05, 4.69) is 55.4 Å². The fourth-order valence-corrected chi connectivity index (χ4v) is 6.06. The van der Waals surface area contributed by atoms with Crippen LogP contribution in [-0.4, -0.2) is 43.4 Å². The lowest BCUT2D eigenvalue weighted by molar-refractivity contribution is 0.0962. The SMILES string of the molecule is CCCC(C)Oc1cc(CCC(=O)c2c(OC(C)CCC)ccc(OC(C)CCC)c2OC(C)CCC)c(OC(C)CCC)c(OC)c1. The first kappa shape index (κ1) is 41.1. The number of carbonyl (C=O) groups is 1. The van der Waals surface area contributed by atoms with Crippen LogP contribution in [0.15, 0.2) is 24.3 Å². The van der Waals surface area contributed by atoms with Crippen LogP contribution in [0.3, 0.4) is 0 Å². The Labute approximate surface area is 292 Å². The first-order valence-corrected chi connectivity index (χ1v) is 18.8. The van der Waals surface area contributed by atoms with E-state index in [1.165, 1.54) is 0 Å². The van der Waals surface area contributed by atoms with Crippen LogP contribution in [-0.2, 0) is 6.42 Å². The summed E-state index contributed by atoms with van der Waals surface area (Å²) >= 11 is 0. The van der Waals surface area contributed by atoms with E-state index in [1.807, 2.05) is 38.1 Å². The van der Waals surface area contributed by atoms with Gasteiger partial charge in [0.1, 0.15) is 17.1 Å². The highest BCUT2D eigenvalue weighted by molar-refractivity contribution is 6.02. The molecule has 0 aliphatic heterocycles. The van der Waals surface area contributed by atoms with Gasteiger partial charge in [-0.05, 0) is 91.3 Å². The number of methoxy groups -OCH3 is 1. The van der Waals surface area contributed by atoms with Gasteiger partial charge in [-0.3, -0.25) is 4.79 Å². The van der Waals surface area contributed by atoms with Crippen molar-refractivity contribution in [2.45, 2.75) is 177 Å². The largest absolute Gasteiger partial charge is 0.493 e. The third-order valence-corrected chi connectivity index (χ3v) is 8.42. The summed E-state index contributed by atoms with van der Waals surface area (Å²) in [7, 11) is 1.65. The number of aryl methyl sites for hydroxylation is 1. The molecule has 48 heavy (non-hydrogen) atoms. The molecule has 2 aromatic rings. The molecule has 0 fully saturated rings. The molecule has 5 unspecified atom stereocenters. The number of hydrogen-bond donors (Lipinski definition) is 0. The van der Waals surface area contributed by atoms with Gasteiger partial charge in [0.25, 0.3) is 0 Å². The van der Waals surface area contributed by atoms with E-state index in [0.717, 1.165) is 69.8 Å².